The van der Waals surface area contributed by atoms with E-state index in [1.54, 1.807) is 18.3 Å². The molecule has 0 bridgehead atoms. The van der Waals surface area contributed by atoms with Crippen LogP contribution in [0.5, 0.6) is 0 Å². The number of hydrogen-bond acceptors (Lipinski definition) is 3. The Kier molecular flexibility index (Phi) is 4.16. The molecule has 0 saturated carbocycles. The first-order valence-corrected chi connectivity index (χ1v) is 6.37. The Morgan fingerprint density at radius 2 is 2.06 bits per heavy atom. The Balaban J connectivity index is 2.25. The van der Waals surface area contributed by atoms with E-state index in [4.69, 9.17) is 23.2 Å². The van der Waals surface area contributed by atoms with Gasteiger partial charge in [-0.3, -0.25) is 4.79 Å². The summed E-state index contributed by atoms with van der Waals surface area (Å²) in [6.45, 7) is 0. The van der Waals surface area contributed by atoms with Gasteiger partial charge in [0, 0.05) is 6.20 Å². The number of aromatic nitrogens is 2. The predicted octanol–water partition coefficient (Wildman–Crippen LogP) is 3.80. The second kappa shape index (κ2) is 5.65. The van der Waals surface area contributed by atoms with E-state index in [0.717, 1.165) is 0 Å². The van der Waals surface area contributed by atoms with Crippen LogP contribution in [0, 0.1) is 0 Å². The van der Waals surface area contributed by atoms with Crippen LogP contribution in [-0.2, 0) is 0 Å². The molecule has 2 aromatic heterocycles. The molecule has 2 rings (SSSR count). The van der Waals surface area contributed by atoms with Crippen molar-refractivity contribution in [2.24, 2.45) is 0 Å². The Morgan fingerprint density at radius 3 is 2.72 bits per heavy atom. The van der Waals surface area contributed by atoms with E-state index in [1.165, 1.54) is 12.1 Å². The summed E-state index contributed by atoms with van der Waals surface area (Å²) in [5.41, 5.74) is 0.235. The van der Waals surface area contributed by atoms with Gasteiger partial charge < -0.3 is 5.32 Å². The molecule has 92 valence electrons. The highest BCUT2D eigenvalue weighted by Gasteiger charge is 2.13. The van der Waals surface area contributed by atoms with Crippen molar-refractivity contribution in [3.05, 3.63) is 50.8 Å². The van der Waals surface area contributed by atoms with Crippen molar-refractivity contribution in [2.45, 2.75) is 0 Å². The molecular formula is C11H6BrCl2N3O. The van der Waals surface area contributed by atoms with Crippen molar-refractivity contribution in [3.63, 3.8) is 0 Å². The standard InChI is InChI=1S/C11H6BrCl2N3O/c12-7-2-1-5-15-10(7)17-11(18)6-3-4-8(13)16-9(6)14/h1-5H,(H,15,17,18). The third-order valence-corrected chi connectivity index (χ3v) is 3.19. The van der Waals surface area contributed by atoms with Crippen molar-refractivity contribution >= 4 is 50.9 Å². The Hall–Kier alpha value is -1.17. The van der Waals surface area contributed by atoms with Crippen LogP contribution in [-0.4, -0.2) is 15.9 Å². The van der Waals surface area contributed by atoms with Gasteiger partial charge in [-0.25, -0.2) is 9.97 Å². The first-order chi connectivity index (χ1) is 8.58. The van der Waals surface area contributed by atoms with Crippen LogP contribution in [0.4, 0.5) is 5.82 Å². The highest BCUT2D eigenvalue weighted by molar-refractivity contribution is 9.10. The lowest BCUT2D eigenvalue weighted by Gasteiger charge is -2.06. The maximum absolute atomic E-state index is 12.0. The van der Waals surface area contributed by atoms with Gasteiger partial charge in [-0.15, -0.1) is 0 Å². The second-order valence-corrected chi connectivity index (χ2v) is 4.86. The average Bonchev–Trinajstić information content (AvgIpc) is 2.32. The van der Waals surface area contributed by atoms with Crippen LogP contribution in [0.2, 0.25) is 10.3 Å². The molecule has 7 heteroatoms. The molecule has 4 nitrogen and oxygen atoms in total. The number of carbonyl (C=O) groups excluding carboxylic acids is 1. The quantitative estimate of drug-likeness (QED) is 0.841. The molecule has 0 fully saturated rings. The number of hydrogen-bond donors (Lipinski definition) is 1. The second-order valence-electron chi connectivity index (χ2n) is 3.26. The highest BCUT2D eigenvalue weighted by atomic mass is 79.9. The smallest absolute Gasteiger partial charge is 0.259 e. The van der Waals surface area contributed by atoms with Crippen molar-refractivity contribution in [3.8, 4) is 0 Å². The van der Waals surface area contributed by atoms with E-state index in [0.29, 0.717) is 10.3 Å². The summed E-state index contributed by atoms with van der Waals surface area (Å²) in [6, 6.07) is 6.51. The van der Waals surface area contributed by atoms with Crippen LogP contribution >= 0.6 is 39.1 Å². The zero-order valence-corrected chi connectivity index (χ0v) is 11.9. The van der Waals surface area contributed by atoms with Crippen LogP contribution in [0.3, 0.4) is 0 Å². The minimum Gasteiger partial charge on any atom is -0.306 e. The van der Waals surface area contributed by atoms with Crippen molar-refractivity contribution in [1.29, 1.82) is 0 Å². The number of anilines is 1. The van der Waals surface area contributed by atoms with Gasteiger partial charge in [0.1, 0.15) is 16.1 Å². The number of nitrogens with one attached hydrogen (secondary N) is 1. The number of rotatable bonds is 2. The molecule has 2 aromatic rings. The first kappa shape index (κ1) is 13.3. The molecule has 0 aliphatic carbocycles. The van der Waals surface area contributed by atoms with Gasteiger partial charge in [0.15, 0.2) is 0 Å². The van der Waals surface area contributed by atoms with E-state index >= 15 is 0 Å². The molecule has 0 saturated heterocycles. The minimum absolute atomic E-state index is 0.0482. The molecular weight excluding hydrogens is 341 g/mol. The number of pyridine rings is 2. The van der Waals surface area contributed by atoms with Gasteiger partial charge in [0.2, 0.25) is 0 Å². The van der Waals surface area contributed by atoms with E-state index in [9.17, 15) is 4.79 Å². The Bertz CT molecular complexity index is 607. The van der Waals surface area contributed by atoms with Gasteiger partial charge in [-0.05, 0) is 40.2 Å². The van der Waals surface area contributed by atoms with Gasteiger partial charge in [0.25, 0.3) is 5.91 Å². The monoisotopic (exact) mass is 345 g/mol. The number of halogens is 3. The first-order valence-electron chi connectivity index (χ1n) is 4.82. The molecule has 1 N–H and O–H groups in total. The van der Waals surface area contributed by atoms with Crippen LogP contribution in [0.15, 0.2) is 34.9 Å². The SMILES string of the molecule is O=C(Nc1ncccc1Br)c1ccc(Cl)nc1Cl. The molecule has 1 amide bonds. The number of carbonyl (C=O) groups is 1. The van der Waals surface area contributed by atoms with Gasteiger partial charge >= 0.3 is 0 Å². The molecule has 2 heterocycles. The minimum atomic E-state index is -0.399. The van der Waals surface area contributed by atoms with Crippen molar-refractivity contribution < 1.29 is 4.79 Å². The van der Waals surface area contributed by atoms with Gasteiger partial charge in [0.05, 0.1) is 10.0 Å². The molecule has 0 radical (unpaired) electrons. The Morgan fingerprint density at radius 1 is 1.28 bits per heavy atom. The molecule has 18 heavy (non-hydrogen) atoms. The molecule has 0 unspecified atom stereocenters. The summed E-state index contributed by atoms with van der Waals surface area (Å²) < 4.78 is 0.677. The van der Waals surface area contributed by atoms with Crippen LogP contribution in [0.25, 0.3) is 0 Å². The van der Waals surface area contributed by atoms with Gasteiger partial charge in [-0.2, -0.15) is 0 Å². The number of nitrogens with zero attached hydrogens (tertiary/aromatic N) is 2. The lowest BCUT2D eigenvalue weighted by atomic mass is 10.2. The molecule has 0 aromatic carbocycles. The Labute approximate surface area is 121 Å². The van der Waals surface area contributed by atoms with E-state index in [-0.39, 0.29) is 15.9 Å². The maximum atomic E-state index is 12.0. The summed E-state index contributed by atoms with van der Waals surface area (Å²) in [7, 11) is 0. The van der Waals surface area contributed by atoms with Crippen LogP contribution < -0.4 is 5.32 Å². The van der Waals surface area contributed by atoms with Gasteiger partial charge in [-0.1, -0.05) is 23.2 Å². The number of amides is 1. The lowest BCUT2D eigenvalue weighted by Crippen LogP contribution is -2.14. The van der Waals surface area contributed by atoms with E-state index in [2.05, 4.69) is 31.2 Å². The predicted molar refractivity (Wildman–Crippen MR) is 74.1 cm³/mol. The van der Waals surface area contributed by atoms with Crippen LogP contribution in [0.1, 0.15) is 10.4 Å². The fourth-order valence-corrected chi connectivity index (χ4v) is 2.02. The van der Waals surface area contributed by atoms with E-state index in [1.807, 2.05) is 0 Å². The fourth-order valence-electron chi connectivity index (χ4n) is 1.23. The third-order valence-electron chi connectivity index (χ3n) is 2.05. The highest BCUT2D eigenvalue weighted by Crippen LogP contribution is 2.21. The molecule has 0 spiro atoms. The molecule has 0 aliphatic heterocycles. The summed E-state index contributed by atoms with van der Waals surface area (Å²) in [5, 5.41) is 2.90. The fraction of sp³-hybridized carbons (Fsp3) is 0. The summed E-state index contributed by atoms with van der Waals surface area (Å²) in [5.74, 6) is 0.0112. The largest absolute Gasteiger partial charge is 0.306 e. The normalized spacial score (nSPS) is 10.2. The zero-order valence-electron chi connectivity index (χ0n) is 8.82. The zero-order chi connectivity index (χ0) is 13.1. The summed E-state index contributed by atoms with van der Waals surface area (Å²) in [4.78, 5) is 19.8. The van der Waals surface area contributed by atoms with E-state index < -0.39 is 5.91 Å². The van der Waals surface area contributed by atoms with Crippen molar-refractivity contribution in [1.82, 2.24) is 9.97 Å². The topological polar surface area (TPSA) is 54.9 Å². The third kappa shape index (κ3) is 2.98. The molecule has 0 aliphatic rings. The maximum Gasteiger partial charge on any atom is 0.259 e. The summed E-state index contributed by atoms with van der Waals surface area (Å²) in [6.07, 6.45) is 1.57. The summed E-state index contributed by atoms with van der Waals surface area (Å²) >= 11 is 14.8. The average molecular weight is 347 g/mol. The lowest BCUT2D eigenvalue weighted by molar-refractivity contribution is 0.102. The molecule has 0 atom stereocenters. The van der Waals surface area contributed by atoms with Crippen molar-refractivity contribution in [2.75, 3.05) is 5.32 Å².